The fraction of sp³-hybridized carbons (Fsp3) is 0.375. The predicted molar refractivity (Wildman–Crippen MR) is 85.8 cm³/mol. The van der Waals surface area contributed by atoms with Crippen LogP contribution in [0.4, 0.5) is 11.6 Å². The minimum Gasteiger partial charge on any atom is -0.497 e. The molecule has 0 aliphatic carbocycles. The molecular formula is C16H22N4O. The first-order chi connectivity index (χ1) is 10.3. The van der Waals surface area contributed by atoms with E-state index in [2.05, 4.69) is 27.5 Å². The Morgan fingerprint density at radius 1 is 1.05 bits per heavy atom. The van der Waals surface area contributed by atoms with E-state index >= 15 is 0 Å². The Bertz CT molecular complexity index is 542. The summed E-state index contributed by atoms with van der Waals surface area (Å²) in [7, 11) is 1.67. The van der Waals surface area contributed by atoms with Crippen molar-refractivity contribution < 1.29 is 4.74 Å². The number of aromatic nitrogens is 2. The van der Waals surface area contributed by atoms with Crippen molar-refractivity contribution >= 4 is 11.6 Å². The monoisotopic (exact) mass is 286 g/mol. The number of ether oxygens (including phenoxy) is 1. The van der Waals surface area contributed by atoms with Crippen LogP contribution in [-0.4, -0.2) is 23.6 Å². The minimum absolute atomic E-state index is 0.718. The highest BCUT2D eigenvalue weighted by Gasteiger charge is 1.99. The van der Waals surface area contributed by atoms with Gasteiger partial charge in [-0.15, -0.1) is 0 Å². The standard InChI is InChI=1S/C16H22N4O/c1-3-4-9-17-15-10-16(20-12-19-15)18-11-13-5-7-14(21-2)8-6-13/h5-8,10,12H,3-4,9,11H2,1-2H3,(H2,17,18,19,20). The van der Waals surface area contributed by atoms with Gasteiger partial charge in [0.25, 0.3) is 0 Å². The maximum atomic E-state index is 5.15. The molecule has 0 bridgehead atoms. The molecule has 1 heterocycles. The van der Waals surface area contributed by atoms with Crippen LogP contribution < -0.4 is 15.4 Å². The van der Waals surface area contributed by atoms with Gasteiger partial charge in [0.2, 0.25) is 0 Å². The number of anilines is 2. The number of hydrogen-bond acceptors (Lipinski definition) is 5. The normalized spacial score (nSPS) is 10.2. The molecule has 1 aromatic heterocycles. The van der Waals surface area contributed by atoms with Crippen molar-refractivity contribution in [3.63, 3.8) is 0 Å². The first kappa shape index (κ1) is 15.1. The molecule has 0 amide bonds. The number of nitrogens with zero attached hydrogens (tertiary/aromatic N) is 2. The summed E-state index contributed by atoms with van der Waals surface area (Å²) in [6.45, 7) is 3.82. The molecule has 5 nitrogen and oxygen atoms in total. The zero-order valence-electron chi connectivity index (χ0n) is 12.6. The molecule has 0 radical (unpaired) electrons. The third-order valence-corrected chi connectivity index (χ3v) is 3.14. The van der Waals surface area contributed by atoms with E-state index in [0.717, 1.165) is 36.9 Å². The molecule has 2 rings (SSSR count). The van der Waals surface area contributed by atoms with E-state index < -0.39 is 0 Å². The highest BCUT2D eigenvalue weighted by Crippen LogP contribution is 2.14. The lowest BCUT2D eigenvalue weighted by molar-refractivity contribution is 0.414. The average molecular weight is 286 g/mol. The second-order valence-corrected chi connectivity index (χ2v) is 4.77. The van der Waals surface area contributed by atoms with E-state index in [-0.39, 0.29) is 0 Å². The topological polar surface area (TPSA) is 59.1 Å². The van der Waals surface area contributed by atoms with Crippen molar-refractivity contribution in [3.8, 4) is 5.75 Å². The van der Waals surface area contributed by atoms with Crippen LogP contribution >= 0.6 is 0 Å². The highest BCUT2D eigenvalue weighted by atomic mass is 16.5. The van der Waals surface area contributed by atoms with Crippen molar-refractivity contribution in [1.29, 1.82) is 0 Å². The van der Waals surface area contributed by atoms with Crippen molar-refractivity contribution in [2.24, 2.45) is 0 Å². The van der Waals surface area contributed by atoms with Crippen molar-refractivity contribution in [3.05, 3.63) is 42.2 Å². The van der Waals surface area contributed by atoms with Crippen molar-refractivity contribution in [2.45, 2.75) is 26.3 Å². The van der Waals surface area contributed by atoms with Crippen molar-refractivity contribution in [2.75, 3.05) is 24.3 Å². The lowest BCUT2D eigenvalue weighted by Crippen LogP contribution is -2.06. The van der Waals surface area contributed by atoms with E-state index in [9.17, 15) is 0 Å². The van der Waals surface area contributed by atoms with Crippen molar-refractivity contribution in [1.82, 2.24) is 9.97 Å². The van der Waals surface area contributed by atoms with Gasteiger partial charge in [-0.05, 0) is 24.1 Å². The van der Waals surface area contributed by atoms with Crippen LogP contribution in [0.3, 0.4) is 0 Å². The summed E-state index contributed by atoms with van der Waals surface area (Å²) in [5.41, 5.74) is 1.18. The molecule has 0 aliphatic rings. The smallest absolute Gasteiger partial charge is 0.131 e. The van der Waals surface area contributed by atoms with Crippen LogP contribution in [0.2, 0.25) is 0 Å². The van der Waals surface area contributed by atoms with E-state index in [4.69, 9.17) is 4.74 Å². The Hall–Kier alpha value is -2.30. The van der Waals surface area contributed by atoms with E-state index in [1.54, 1.807) is 13.4 Å². The van der Waals surface area contributed by atoms with Crippen LogP contribution in [0.25, 0.3) is 0 Å². The maximum absolute atomic E-state index is 5.15. The minimum atomic E-state index is 0.718. The number of unbranched alkanes of at least 4 members (excludes halogenated alkanes) is 1. The van der Waals surface area contributed by atoms with Gasteiger partial charge in [-0.1, -0.05) is 25.5 Å². The Labute approximate surface area is 125 Å². The lowest BCUT2D eigenvalue weighted by Gasteiger charge is -2.09. The second-order valence-electron chi connectivity index (χ2n) is 4.77. The third kappa shape index (κ3) is 4.95. The van der Waals surface area contributed by atoms with E-state index in [0.29, 0.717) is 0 Å². The molecule has 0 saturated heterocycles. The summed E-state index contributed by atoms with van der Waals surface area (Å²) in [6.07, 6.45) is 3.88. The summed E-state index contributed by atoms with van der Waals surface area (Å²) in [6, 6.07) is 9.91. The number of nitrogens with one attached hydrogen (secondary N) is 2. The van der Waals surface area contributed by atoms with Gasteiger partial charge >= 0.3 is 0 Å². The van der Waals surface area contributed by atoms with Crippen LogP contribution in [0.1, 0.15) is 25.3 Å². The number of hydrogen-bond donors (Lipinski definition) is 2. The van der Waals surface area contributed by atoms with Gasteiger partial charge in [0.1, 0.15) is 23.7 Å². The quantitative estimate of drug-likeness (QED) is 0.729. The molecular weight excluding hydrogens is 264 g/mol. The summed E-state index contributed by atoms with van der Waals surface area (Å²) < 4.78 is 5.15. The first-order valence-corrected chi connectivity index (χ1v) is 7.24. The Balaban J connectivity index is 1.88. The van der Waals surface area contributed by atoms with Gasteiger partial charge in [0.05, 0.1) is 7.11 Å². The molecule has 0 atom stereocenters. The molecule has 0 fully saturated rings. The Morgan fingerprint density at radius 2 is 1.76 bits per heavy atom. The third-order valence-electron chi connectivity index (χ3n) is 3.14. The largest absolute Gasteiger partial charge is 0.497 e. The predicted octanol–water partition coefficient (Wildman–Crippen LogP) is 3.31. The molecule has 5 heteroatoms. The zero-order chi connectivity index (χ0) is 14.9. The SMILES string of the molecule is CCCCNc1cc(NCc2ccc(OC)cc2)ncn1. The van der Waals surface area contributed by atoms with Gasteiger partial charge in [0.15, 0.2) is 0 Å². The maximum Gasteiger partial charge on any atom is 0.131 e. The summed E-state index contributed by atoms with van der Waals surface area (Å²) >= 11 is 0. The second kappa shape index (κ2) is 8.09. The fourth-order valence-corrected chi connectivity index (χ4v) is 1.88. The highest BCUT2D eigenvalue weighted by molar-refractivity contribution is 5.46. The van der Waals surface area contributed by atoms with E-state index in [1.165, 1.54) is 12.0 Å². The molecule has 0 unspecified atom stereocenters. The molecule has 1 aromatic carbocycles. The van der Waals surface area contributed by atoms with Gasteiger partial charge in [0, 0.05) is 19.2 Å². The summed E-state index contributed by atoms with van der Waals surface area (Å²) in [4.78, 5) is 8.44. The average Bonchev–Trinajstić information content (AvgIpc) is 2.54. The Morgan fingerprint density at radius 3 is 2.43 bits per heavy atom. The molecule has 0 saturated carbocycles. The molecule has 0 spiro atoms. The van der Waals surface area contributed by atoms with Gasteiger partial charge in [-0.25, -0.2) is 9.97 Å². The molecule has 112 valence electrons. The van der Waals surface area contributed by atoms with Crippen LogP contribution in [-0.2, 0) is 6.54 Å². The van der Waals surface area contributed by atoms with Crippen LogP contribution in [0.5, 0.6) is 5.75 Å². The zero-order valence-corrected chi connectivity index (χ0v) is 12.6. The summed E-state index contributed by atoms with van der Waals surface area (Å²) in [5.74, 6) is 2.54. The number of methoxy groups -OCH3 is 1. The number of rotatable bonds is 8. The number of benzene rings is 1. The lowest BCUT2D eigenvalue weighted by atomic mass is 10.2. The van der Waals surface area contributed by atoms with Gasteiger partial charge in [-0.2, -0.15) is 0 Å². The van der Waals surface area contributed by atoms with E-state index in [1.807, 2.05) is 30.3 Å². The molecule has 2 N–H and O–H groups in total. The van der Waals surface area contributed by atoms with Gasteiger partial charge < -0.3 is 15.4 Å². The van der Waals surface area contributed by atoms with Crippen LogP contribution in [0.15, 0.2) is 36.7 Å². The van der Waals surface area contributed by atoms with Crippen LogP contribution in [0, 0.1) is 0 Å². The molecule has 2 aromatic rings. The molecule has 21 heavy (non-hydrogen) atoms. The Kier molecular flexibility index (Phi) is 5.82. The first-order valence-electron chi connectivity index (χ1n) is 7.24. The summed E-state index contributed by atoms with van der Waals surface area (Å²) in [5, 5.41) is 6.59. The molecule has 0 aliphatic heterocycles. The fourth-order valence-electron chi connectivity index (χ4n) is 1.88. The van der Waals surface area contributed by atoms with Gasteiger partial charge in [-0.3, -0.25) is 0 Å².